The summed E-state index contributed by atoms with van der Waals surface area (Å²) in [6.07, 6.45) is -3.02. The van der Waals surface area contributed by atoms with E-state index in [1.165, 1.54) is 4.90 Å². The van der Waals surface area contributed by atoms with Gasteiger partial charge >= 0.3 is 6.18 Å². The average molecular weight is 267 g/mol. The smallest absolute Gasteiger partial charge is 0.356 e. The number of hydrogen-bond donors (Lipinski definition) is 2. The van der Waals surface area contributed by atoms with E-state index in [1.807, 2.05) is 0 Å². The van der Waals surface area contributed by atoms with Crippen LogP contribution in [0.25, 0.3) is 0 Å². The van der Waals surface area contributed by atoms with Gasteiger partial charge < -0.3 is 10.6 Å². The van der Waals surface area contributed by atoms with Crippen LogP contribution in [0.2, 0.25) is 0 Å². The molecule has 2 N–H and O–H groups in total. The van der Waals surface area contributed by atoms with Crippen LogP contribution in [-0.2, 0) is 4.79 Å². The fourth-order valence-electron chi connectivity index (χ4n) is 2.06. The number of likely N-dealkylation sites (tertiary alicyclic amines) is 1. The Morgan fingerprint density at radius 2 is 2.17 bits per heavy atom. The van der Waals surface area contributed by atoms with Crippen molar-refractivity contribution in [2.24, 2.45) is 5.92 Å². The number of alkyl halides is 3. The lowest BCUT2D eigenvalue weighted by Crippen LogP contribution is -2.35. The van der Waals surface area contributed by atoms with Gasteiger partial charge in [-0.2, -0.15) is 13.2 Å². The van der Waals surface area contributed by atoms with Crippen molar-refractivity contribution in [3.63, 3.8) is 0 Å². The van der Waals surface area contributed by atoms with Gasteiger partial charge in [0.25, 0.3) is 0 Å². The Hall–Kier alpha value is -0.820. The van der Waals surface area contributed by atoms with Crippen molar-refractivity contribution >= 4 is 5.91 Å². The normalized spacial score (nSPS) is 21.2. The predicted octanol–water partition coefficient (Wildman–Crippen LogP) is 0.596. The SMILES string of the molecule is CNCCC(=O)NCC1CCN(CC(F)(F)F)C1. The van der Waals surface area contributed by atoms with Crippen molar-refractivity contribution in [1.29, 1.82) is 0 Å². The first kappa shape index (κ1) is 15.2. The molecule has 0 aromatic rings. The third-order valence-corrected chi connectivity index (χ3v) is 2.96. The van der Waals surface area contributed by atoms with Gasteiger partial charge in [-0.3, -0.25) is 9.69 Å². The minimum atomic E-state index is -4.13. The zero-order valence-corrected chi connectivity index (χ0v) is 10.5. The van der Waals surface area contributed by atoms with Crippen LogP contribution in [0.5, 0.6) is 0 Å². The summed E-state index contributed by atoms with van der Waals surface area (Å²) in [6, 6.07) is 0. The second-order valence-electron chi connectivity index (χ2n) is 4.66. The molecular formula is C11H20F3N3O. The summed E-state index contributed by atoms with van der Waals surface area (Å²) < 4.78 is 36.5. The molecule has 0 radical (unpaired) electrons. The van der Waals surface area contributed by atoms with Gasteiger partial charge in [0, 0.05) is 26.1 Å². The Morgan fingerprint density at radius 1 is 1.44 bits per heavy atom. The van der Waals surface area contributed by atoms with Crippen molar-refractivity contribution < 1.29 is 18.0 Å². The lowest BCUT2D eigenvalue weighted by atomic mass is 10.1. The Labute approximate surface area is 105 Å². The molecule has 0 aromatic heterocycles. The van der Waals surface area contributed by atoms with E-state index >= 15 is 0 Å². The zero-order chi connectivity index (χ0) is 13.6. The third-order valence-electron chi connectivity index (χ3n) is 2.96. The Balaban J connectivity index is 2.16. The summed E-state index contributed by atoms with van der Waals surface area (Å²) in [4.78, 5) is 12.7. The molecule has 0 saturated carbocycles. The van der Waals surface area contributed by atoms with Gasteiger partial charge in [-0.1, -0.05) is 0 Å². The topological polar surface area (TPSA) is 44.4 Å². The number of nitrogens with zero attached hydrogens (tertiary/aromatic N) is 1. The van der Waals surface area contributed by atoms with E-state index in [1.54, 1.807) is 7.05 Å². The molecule has 106 valence electrons. The summed E-state index contributed by atoms with van der Waals surface area (Å²) in [5.74, 6) is 0.0736. The molecule has 1 aliphatic heterocycles. The van der Waals surface area contributed by atoms with Crippen LogP contribution in [0, 0.1) is 5.92 Å². The van der Waals surface area contributed by atoms with Crippen molar-refractivity contribution in [2.75, 3.05) is 39.8 Å². The van der Waals surface area contributed by atoms with E-state index in [0.29, 0.717) is 39.0 Å². The molecule has 1 unspecified atom stereocenters. The van der Waals surface area contributed by atoms with E-state index in [0.717, 1.165) is 0 Å². The lowest BCUT2D eigenvalue weighted by Gasteiger charge is -2.18. The Kier molecular flexibility index (Phi) is 5.87. The number of halogens is 3. The summed E-state index contributed by atoms with van der Waals surface area (Å²) in [5.41, 5.74) is 0. The van der Waals surface area contributed by atoms with Gasteiger partial charge in [-0.15, -0.1) is 0 Å². The van der Waals surface area contributed by atoms with Crippen molar-refractivity contribution in [3.05, 3.63) is 0 Å². The van der Waals surface area contributed by atoms with E-state index in [-0.39, 0.29) is 11.8 Å². The summed E-state index contributed by atoms with van der Waals surface area (Å²) >= 11 is 0. The maximum absolute atomic E-state index is 12.2. The van der Waals surface area contributed by atoms with Gasteiger partial charge in [-0.05, 0) is 25.9 Å². The molecule has 1 rings (SSSR count). The third kappa shape index (κ3) is 6.20. The van der Waals surface area contributed by atoms with Crippen LogP contribution < -0.4 is 10.6 Å². The van der Waals surface area contributed by atoms with Crippen LogP contribution >= 0.6 is 0 Å². The van der Waals surface area contributed by atoms with Crippen LogP contribution in [0.1, 0.15) is 12.8 Å². The Morgan fingerprint density at radius 3 is 2.78 bits per heavy atom. The zero-order valence-electron chi connectivity index (χ0n) is 10.5. The molecule has 7 heteroatoms. The molecule has 1 aliphatic rings. The van der Waals surface area contributed by atoms with Gasteiger partial charge in [0.1, 0.15) is 0 Å². The Bertz CT molecular complexity index is 271. The van der Waals surface area contributed by atoms with Crippen LogP contribution in [0.3, 0.4) is 0 Å². The molecule has 18 heavy (non-hydrogen) atoms. The van der Waals surface area contributed by atoms with Crippen LogP contribution in [0.15, 0.2) is 0 Å². The highest BCUT2D eigenvalue weighted by atomic mass is 19.4. The molecular weight excluding hydrogens is 247 g/mol. The fraction of sp³-hybridized carbons (Fsp3) is 0.909. The summed E-state index contributed by atoms with van der Waals surface area (Å²) in [5, 5.41) is 5.62. The maximum Gasteiger partial charge on any atom is 0.401 e. The maximum atomic E-state index is 12.2. The van der Waals surface area contributed by atoms with Gasteiger partial charge in [0.05, 0.1) is 6.54 Å². The fourth-order valence-corrected chi connectivity index (χ4v) is 2.06. The monoisotopic (exact) mass is 267 g/mol. The van der Waals surface area contributed by atoms with Gasteiger partial charge in [-0.25, -0.2) is 0 Å². The molecule has 0 aromatic carbocycles. The molecule has 1 heterocycles. The lowest BCUT2D eigenvalue weighted by molar-refractivity contribution is -0.143. The average Bonchev–Trinajstić information content (AvgIpc) is 2.68. The molecule has 1 amide bonds. The first-order valence-corrected chi connectivity index (χ1v) is 6.11. The minimum absolute atomic E-state index is 0.0568. The molecule has 1 fully saturated rings. The molecule has 0 aliphatic carbocycles. The molecule has 0 spiro atoms. The second-order valence-corrected chi connectivity index (χ2v) is 4.66. The van der Waals surface area contributed by atoms with Gasteiger partial charge in [0.15, 0.2) is 0 Å². The highest BCUT2D eigenvalue weighted by Crippen LogP contribution is 2.22. The number of amides is 1. The number of rotatable bonds is 6. The van der Waals surface area contributed by atoms with Crippen LogP contribution in [0.4, 0.5) is 13.2 Å². The van der Waals surface area contributed by atoms with Gasteiger partial charge in [0.2, 0.25) is 5.91 Å². The van der Waals surface area contributed by atoms with E-state index in [2.05, 4.69) is 10.6 Å². The quantitative estimate of drug-likeness (QED) is 0.740. The largest absolute Gasteiger partial charge is 0.401 e. The number of carbonyl (C=O) groups excluding carboxylic acids is 1. The molecule has 1 atom stereocenters. The summed E-state index contributed by atoms with van der Waals surface area (Å²) in [6.45, 7) is 1.09. The first-order chi connectivity index (χ1) is 8.40. The highest BCUT2D eigenvalue weighted by Gasteiger charge is 2.34. The van der Waals surface area contributed by atoms with Crippen molar-refractivity contribution in [2.45, 2.75) is 19.0 Å². The second kappa shape index (κ2) is 6.94. The predicted molar refractivity (Wildman–Crippen MR) is 62.2 cm³/mol. The minimum Gasteiger partial charge on any atom is -0.356 e. The first-order valence-electron chi connectivity index (χ1n) is 6.11. The molecule has 1 saturated heterocycles. The summed E-state index contributed by atoms with van der Waals surface area (Å²) in [7, 11) is 1.76. The number of nitrogens with one attached hydrogen (secondary N) is 2. The van der Waals surface area contributed by atoms with Crippen molar-refractivity contribution in [3.8, 4) is 0 Å². The highest BCUT2D eigenvalue weighted by molar-refractivity contribution is 5.76. The standard InChI is InChI=1S/C11H20F3N3O/c1-15-4-2-10(18)16-6-9-3-5-17(7-9)8-11(12,13)14/h9,15H,2-8H2,1H3,(H,16,18). The number of hydrogen-bond acceptors (Lipinski definition) is 3. The van der Waals surface area contributed by atoms with E-state index < -0.39 is 12.7 Å². The number of carbonyl (C=O) groups is 1. The molecule has 0 bridgehead atoms. The molecule has 4 nitrogen and oxygen atoms in total. The van der Waals surface area contributed by atoms with E-state index in [9.17, 15) is 18.0 Å². The van der Waals surface area contributed by atoms with E-state index in [4.69, 9.17) is 0 Å². The van der Waals surface area contributed by atoms with Crippen molar-refractivity contribution in [1.82, 2.24) is 15.5 Å². The van der Waals surface area contributed by atoms with Crippen LogP contribution in [-0.4, -0.2) is 56.8 Å².